The van der Waals surface area contributed by atoms with E-state index in [0.29, 0.717) is 16.3 Å². The number of hydrogen-bond acceptors (Lipinski definition) is 1. The van der Waals surface area contributed by atoms with Crippen molar-refractivity contribution in [3.05, 3.63) is 65.4 Å². The molecule has 3 aromatic rings. The molecule has 0 bridgehead atoms. The Morgan fingerprint density at radius 2 is 1.67 bits per heavy atom. The van der Waals surface area contributed by atoms with Crippen LogP contribution >= 0.6 is 11.6 Å². The first-order valence-corrected chi connectivity index (χ1v) is 5.94. The van der Waals surface area contributed by atoms with Crippen LogP contribution in [0.1, 0.15) is 0 Å². The Morgan fingerprint density at radius 1 is 0.944 bits per heavy atom. The average Bonchev–Trinajstić information content (AvgIpc) is 2.39. The number of halogens is 2. The Balaban J connectivity index is 2.30. The summed E-state index contributed by atoms with van der Waals surface area (Å²) < 4.78 is 14.1. The Bertz CT molecular complexity index is 725. The summed E-state index contributed by atoms with van der Waals surface area (Å²) in [5.74, 6) is -0.359. The molecule has 0 atom stereocenters. The van der Waals surface area contributed by atoms with Gasteiger partial charge in [-0.05, 0) is 18.2 Å². The Labute approximate surface area is 109 Å². The molecule has 1 nitrogen and oxygen atoms in total. The number of rotatable bonds is 1. The van der Waals surface area contributed by atoms with Gasteiger partial charge in [-0.3, -0.25) is 0 Å². The summed E-state index contributed by atoms with van der Waals surface area (Å²) in [7, 11) is 0. The van der Waals surface area contributed by atoms with E-state index in [1.807, 2.05) is 36.4 Å². The number of nitrogens with zero attached hydrogens (tertiary/aromatic N) is 1. The van der Waals surface area contributed by atoms with E-state index >= 15 is 0 Å². The first kappa shape index (κ1) is 11.2. The van der Waals surface area contributed by atoms with E-state index in [0.717, 1.165) is 10.9 Å². The van der Waals surface area contributed by atoms with Crippen molar-refractivity contribution in [2.45, 2.75) is 0 Å². The van der Waals surface area contributed by atoms with Crippen molar-refractivity contribution in [3.8, 4) is 11.3 Å². The van der Waals surface area contributed by atoms with E-state index in [4.69, 9.17) is 11.6 Å². The Morgan fingerprint density at radius 3 is 2.50 bits per heavy atom. The molecule has 1 aromatic heterocycles. The predicted molar refractivity (Wildman–Crippen MR) is 72.1 cm³/mol. The highest BCUT2D eigenvalue weighted by molar-refractivity contribution is 6.33. The second kappa shape index (κ2) is 4.39. The van der Waals surface area contributed by atoms with Crippen LogP contribution in [0.2, 0.25) is 5.02 Å². The SMILES string of the molecule is Fc1cc2ccccc2nc1-c1ccccc1Cl. The molecule has 0 aliphatic carbocycles. The van der Waals surface area contributed by atoms with E-state index in [2.05, 4.69) is 4.98 Å². The van der Waals surface area contributed by atoms with Gasteiger partial charge in [0.05, 0.1) is 10.5 Å². The molecule has 0 saturated carbocycles. The molecular formula is C15H9ClFN. The normalized spacial score (nSPS) is 10.8. The van der Waals surface area contributed by atoms with Crippen LogP contribution in [0, 0.1) is 5.82 Å². The Hall–Kier alpha value is -1.93. The van der Waals surface area contributed by atoms with E-state index < -0.39 is 0 Å². The molecule has 0 amide bonds. The minimum Gasteiger partial charge on any atom is -0.245 e. The highest BCUT2D eigenvalue weighted by atomic mass is 35.5. The van der Waals surface area contributed by atoms with Gasteiger partial charge in [-0.25, -0.2) is 9.37 Å². The zero-order valence-electron chi connectivity index (χ0n) is 9.40. The topological polar surface area (TPSA) is 12.9 Å². The summed E-state index contributed by atoms with van der Waals surface area (Å²) in [5, 5.41) is 1.28. The fourth-order valence-electron chi connectivity index (χ4n) is 1.93. The van der Waals surface area contributed by atoms with E-state index in [-0.39, 0.29) is 5.82 Å². The van der Waals surface area contributed by atoms with E-state index in [1.165, 1.54) is 6.07 Å². The van der Waals surface area contributed by atoms with Crippen LogP contribution in [0.4, 0.5) is 4.39 Å². The minimum atomic E-state index is -0.359. The van der Waals surface area contributed by atoms with Gasteiger partial charge in [0.1, 0.15) is 11.5 Å². The third-order valence-electron chi connectivity index (χ3n) is 2.81. The smallest absolute Gasteiger partial charge is 0.150 e. The van der Waals surface area contributed by atoms with E-state index in [9.17, 15) is 4.39 Å². The molecule has 0 N–H and O–H groups in total. The van der Waals surface area contributed by atoms with Crippen LogP contribution in [0.3, 0.4) is 0 Å². The van der Waals surface area contributed by atoms with Crippen LogP contribution in [-0.2, 0) is 0 Å². The standard InChI is InChI=1S/C15H9ClFN/c16-12-7-3-2-6-11(12)15-13(17)9-10-5-1-4-8-14(10)18-15/h1-9H. The summed E-state index contributed by atoms with van der Waals surface area (Å²) in [6, 6.07) is 16.0. The third kappa shape index (κ3) is 1.85. The monoisotopic (exact) mass is 257 g/mol. The summed E-state index contributed by atoms with van der Waals surface area (Å²) in [6.07, 6.45) is 0. The van der Waals surface area contributed by atoms with Crippen LogP contribution in [-0.4, -0.2) is 4.98 Å². The number of para-hydroxylation sites is 1. The van der Waals surface area contributed by atoms with Crippen molar-refractivity contribution in [1.29, 1.82) is 0 Å². The molecule has 0 radical (unpaired) electrons. The van der Waals surface area contributed by atoms with Gasteiger partial charge < -0.3 is 0 Å². The van der Waals surface area contributed by atoms with Gasteiger partial charge in [0.2, 0.25) is 0 Å². The summed E-state index contributed by atoms with van der Waals surface area (Å²) in [6.45, 7) is 0. The van der Waals surface area contributed by atoms with Gasteiger partial charge >= 0.3 is 0 Å². The fraction of sp³-hybridized carbons (Fsp3) is 0. The van der Waals surface area contributed by atoms with Crippen LogP contribution in [0.15, 0.2) is 54.6 Å². The lowest BCUT2D eigenvalue weighted by atomic mass is 10.1. The third-order valence-corrected chi connectivity index (χ3v) is 3.14. The van der Waals surface area contributed by atoms with E-state index in [1.54, 1.807) is 12.1 Å². The number of pyridine rings is 1. The molecule has 0 aliphatic heterocycles. The quantitative estimate of drug-likeness (QED) is 0.616. The molecule has 0 unspecified atom stereocenters. The molecule has 0 fully saturated rings. The minimum absolute atomic E-state index is 0.291. The second-order valence-corrected chi connectivity index (χ2v) is 4.40. The number of aromatic nitrogens is 1. The molecule has 2 aromatic carbocycles. The number of hydrogen-bond donors (Lipinski definition) is 0. The van der Waals surface area contributed by atoms with Crippen molar-refractivity contribution < 1.29 is 4.39 Å². The first-order valence-electron chi connectivity index (χ1n) is 5.56. The molecule has 3 rings (SSSR count). The lowest BCUT2D eigenvalue weighted by molar-refractivity contribution is 0.628. The van der Waals surface area contributed by atoms with Gasteiger partial charge in [0.15, 0.2) is 0 Å². The molecule has 1 heterocycles. The zero-order valence-corrected chi connectivity index (χ0v) is 10.2. The maximum atomic E-state index is 14.1. The van der Waals surface area contributed by atoms with Gasteiger partial charge in [-0.2, -0.15) is 0 Å². The molecule has 88 valence electrons. The molecule has 18 heavy (non-hydrogen) atoms. The molecule has 0 spiro atoms. The summed E-state index contributed by atoms with van der Waals surface area (Å²) >= 11 is 6.08. The van der Waals surface area contributed by atoms with Gasteiger partial charge in [-0.1, -0.05) is 48.0 Å². The predicted octanol–water partition coefficient (Wildman–Crippen LogP) is 4.69. The number of fused-ring (bicyclic) bond motifs is 1. The fourth-order valence-corrected chi connectivity index (χ4v) is 2.16. The zero-order chi connectivity index (χ0) is 12.5. The largest absolute Gasteiger partial charge is 0.245 e. The van der Waals surface area contributed by atoms with Crippen molar-refractivity contribution in [2.75, 3.05) is 0 Å². The van der Waals surface area contributed by atoms with Gasteiger partial charge in [0.25, 0.3) is 0 Å². The molecule has 3 heteroatoms. The number of benzene rings is 2. The average molecular weight is 258 g/mol. The Kier molecular flexibility index (Phi) is 2.73. The summed E-state index contributed by atoms with van der Waals surface area (Å²) in [5.41, 5.74) is 1.66. The highest BCUT2D eigenvalue weighted by Gasteiger charge is 2.11. The van der Waals surface area contributed by atoms with Crippen LogP contribution in [0.5, 0.6) is 0 Å². The highest BCUT2D eigenvalue weighted by Crippen LogP contribution is 2.29. The van der Waals surface area contributed by atoms with Crippen molar-refractivity contribution in [3.63, 3.8) is 0 Å². The van der Waals surface area contributed by atoms with Crippen molar-refractivity contribution in [2.24, 2.45) is 0 Å². The van der Waals surface area contributed by atoms with Crippen LogP contribution < -0.4 is 0 Å². The first-order chi connectivity index (χ1) is 8.75. The lowest BCUT2D eigenvalue weighted by Gasteiger charge is -2.06. The van der Waals surface area contributed by atoms with Crippen molar-refractivity contribution in [1.82, 2.24) is 4.98 Å². The van der Waals surface area contributed by atoms with Gasteiger partial charge in [0, 0.05) is 10.9 Å². The lowest BCUT2D eigenvalue weighted by Crippen LogP contribution is -1.91. The van der Waals surface area contributed by atoms with Crippen LogP contribution in [0.25, 0.3) is 22.2 Å². The molecular weight excluding hydrogens is 249 g/mol. The van der Waals surface area contributed by atoms with Gasteiger partial charge in [-0.15, -0.1) is 0 Å². The maximum Gasteiger partial charge on any atom is 0.150 e. The molecule has 0 aliphatic rings. The van der Waals surface area contributed by atoms with Crippen molar-refractivity contribution >= 4 is 22.5 Å². The maximum absolute atomic E-state index is 14.1. The second-order valence-electron chi connectivity index (χ2n) is 3.99. The molecule has 0 saturated heterocycles. The summed E-state index contributed by atoms with van der Waals surface area (Å²) in [4.78, 5) is 4.35.